The molecular formula is C10H22ClNO2. The van der Waals surface area contributed by atoms with E-state index >= 15 is 0 Å². The lowest BCUT2D eigenvalue weighted by Gasteiger charge is -2.06. The van der Waals surface area contributed by atoms with Gasteiger partial charge in [-0.2, -0.15) is 0 Å². The molecule has 0 heterocycles. The van der Waals surface area contributed by atoms with E-state index in [0.717, 1.165) is 45.8 Å². The van der Waals surface area contributed by atoms with Gasteiger partial charge in [0, 0.05) is 32.2 Å². The molecule has 0 spiro atoms. The summed E-state index contributed by atoms with van der Waals surface area (Å²) in [5, 5.41) is 3.52. The van der Waals surface area contributed by atoms with E-state index in [4.69, 9.17) is 21.1 Å². The molecule has 0 aromatic heterocycles. The molecule has 0 aromatic rings. The van der Waals surface area contributed by atoms with Gasteiger partial charge in [-0.15, -0.1) is 11.6 Å². The summed E-state index contributed by atoms with van der Waals surface area (Å²) in [5.74, 6) is 0. The maximum Gasteiger partial charge on any atom is 0.0590 e. The summed E-state index contributed by atoms with van der Waals surface area (Å²) < 4.78 is 10.3. The zero-order valence-corrected chi connectivity index (χ0v) is 9.98. The van der Waals surface area contributed by atoms with E-state index in [-0.39, 0.29) is 5.38 Å². The third-order valence-electron chi connectivity index (χ3n) is 1.78. The summed E-state index contributed by atoms with van der Waals surface area (Å²) in [6, 6.07) is 0. The zero-order chi connectivity index (χ0) is 10.6. The largest absolute Gasteiger partial charge is 0.385 e. The Morgan fingerprint density at radius 1 is 1.21 bits per heavy atom. The molecule has 0 rings (SSSR count). The SMILES string of the molecule is COCCCOCCNCCC(C)Cl. The highest BCUT2D eigenvalue weighted by Crippen LogP contribution is 1.96. The summed E-state index contributed by atoms with van der Waals surface area (Å²) in [6.07, 6.45) is 1.97. The van der Waals surface area contributed by atoms with Crippen LogP contribution in [0.2, 0.25) is 0 Å². The topological polar surface area (TPSA) is 30.5 Å². The van der Waals surface area contributed by atoms with Gasteiger partial charge in [0.25, 0.3) is 0 Å². The first-order valence-electron chi connectivity index (χ1n) is 5.19. The van der Waals surface area contributed by atoms with Crippen LogP contribution in [0, 0.1) is 0 Å². The van der Waals surface area contributed by atoms with E-state index in [9.17, 15) is 0 Å². The molecule has 0 saturated heterocycles. The number of nitrogens with one attached hydrogen (secondary N) is 1. The van der Waals surface area contributed by atoms with Crippen LogP contribution in [-0.2, 0) is 9.47 Å². The van der Waals surface area contributed by atoms with Gasteiger partial charge in [-0.05, 0) is 26.3 Å². The monoisotopic (exact) mass is 223 g/mol. The van der Waals surface area contributed by atoms with Gasteiger partial charge >= 0.3 is 0 Å². The molecule has 3 nitrogen and oxygen atoms in total. The average Bonchev–Trinajstić information content (AvgIpc) is 2.15. The lowest BCUT2D eigenvalue weighted by atomic mass is 10.3. The van der Waals surface area contributed by atoms with Gasteiger partial charge in [-0.1, -0.05) is 0 Å². The molecule has 0 radical (unpaired) electrons. The number of alkyl halides is 1. The second kappa shape index (κ2) is 11.2. The minimum atomic E-state index is 0.255. The molecular weight excluding hydrogens is 202 g/mol. The fourth-order valence-corrected chi connectivity index (χ4v) is 1.09. The third-order valence-corrected chi connectivity index (χ3v) is 2.00. The predicted octanol–water partition coefficient (Wildman–Crippen LogP) is 1.65. The number of hydrogen-bond acceptors (Lipinski definition) is 3. The van der Waals surface area contributed by atoms with Gasteiger partial charge in [-0.25, -0.2) is 0 Å². The van der Waals surface area contributed by atoms with Crippen LogP contribution < -0.4 is 5.32 Å². The van der Waals surface area contributed by atoms with Crippen molar-refractivity contribution in [1.29, 1.82) is 0 Å². The van der Waals surface area contributed by atoms with Crippen LogP contribution in [0.15, 0.2) is 0 Å². The van der Waals surface area contributed by atoms with Crippen LogP contribution in [0.5, 0.6) is 0 Å². The maximum atomic E-state index is 5.79. The summed E-state index contributed by atoms with van der Waals surface area (Å²) in [5.41, 5.74) is 0. The minimum Gasteiger partial charge on any atom is -0.385 e. The first kappa shape index (κ1) is 14.2. The van der Waals surface area contributed by atoms with Crippen LogP contribution in [0.3, 0.4) is 0 Å². The molecule has 0 bridgehead atoms. The number of hydrogen-bond donors (Lipinski definition) is 1. The van der Waals surface area contributed by atoms with Gasteiger partial charge < -0.3 is 14.8 Å². The molecule has 0 fully saturated rings. The number of methoxy groups -OCH3 is 1. The summed E-state index contributed by atoms with van der Waals surface area (Å²) >= 11 is 5.79. The van der Waals surface area contributed by atoms with Crippen molar-refractivity contribution in [2.75, 3.05) is 40.0 Å². The first-order chi connectivity index (χ1) is 6.77. The zero-order valence-electron chi connectivity index (χ0n) is 9.22. The Hall–Kier alpha value is 0.170. The first-order valence-corrected chi connectivity index (χ1v) is 5.62. The van der Waals surface area contributed by atoms with Crippen molar-refractivity contribution in [2.45, 2.75) is 25.1 Å². The van der Waals surface area contributed by atoms with Crippen molar-refractivity contribution in [2.24, 2.45) is 0 Å². The molecule has 86 valence electrons. The van der Waals surface area contributed by atoms with Crippen LogP contribution >= 0.6 is 11.6 Å². The van der Waals surface area contributed by atoms with Crippen LogP contribution in [0.1, 0.15) is 19.8 Å². The third kappa shape index (κ3) is 12.2. The highest BCUT2D eigenvalue weighted by Gasteiger charge is 1.94. The van der Waals surface area contributed by atoms with E-state index in [1.54, 1.807) is 7.11 Å². The number of halogens is 1. The van der Waals surface area contributed by atoms with E-state index in [1.165, 1.54) is 0 Å². The normalized spacial score (nSPS) is 13.1. The van der Waals surface area contributed by atoms with Crippen molar-refractivity contribution in [3.8, 4) is 0 Å². The summed E-state index contributed by atoms with van der Waals surface area (Å²) in [6.45, 7) is 6.19. The quantitative estimate of drug-likeness (QED) is 0.451. The Kier molecular flexibility index (Phi) is 11.4. The Morgan fingerprint density at radius 3 is 2.64 bits per heavy atom. The van der Waals surface area contributed by atoms with Gasteiger partial charge in [-0.3, -0.25) is 0 Å². The van der Waals surface area contributed by atoms with Crippen molar-refractivity contribution < 1.29 is 9.47 Å². The standard InChI is InChI=1S/C10H22ClNO2/c1-10(11)4-5-12-6-9-14-8-3-7-13-2/h10,12H,3-9H2,1-2H3. The molecule has 0 saturated carbocycles. The lowest BCUT2D eigenvalue weighted by Crippen LogP contribution is -2.22. The fraction of sp³-hybridized carbons (Fsp3) is 1.00. The fourth-order valence-electron chi connectivity index (χ4n) is 0.978. The molecule has 0 aliphatic heterocycles. The van der Waals surface area contributed by atoms with E-state index in [1.807, 2.05) is 6.92 Å². The van der Waals surface area contributed by atoms with E-state index in [0.29, 0.717) is 0 Å². The second-order valence-electron chi connectivity index (χ2n) is 3.28. The second-order valence-corrected chi connectivity index (χ2v) is 4.02. The Labute approximate surface area is 92.1 Å². The van der Waals surface area contributed by atoms with Crippen molar-refractivity contribution in [3.63, 3.8) is 0 Å². The summed E-state index contributed by atoms with van der Waals surface area (Å²) in [7, 11) is 1.70. The molecule has 0 amide bonds. The number of ether oxygens (including phenoxy) is 2. The van der Waals surface area contributed by atoms with E-state index in [2.05, 4.69) is 5.32 Å². The van der Waals surface area contributed by atoms with Crippen LogP contribution in [-0.4, -0.2) is 45.4 Å². The Bertz CT molecular complexity index is 112. The molecule has 1 N–H and O–H groups in total. The Morgan fingerprint density at radius 2 is 2.00 bits per heavy atom. The van der Waals surface area contributed by atoms with Crippen molar-refractivity contribution >= 4 is 11.6 Å². The lowest BCUT2D eigenvalue weighted by molar-refractivity contribution is 0.104. The van der Waals surface area contributed by atoms with E-state index < -0.39 is 0 Å². The number of rotatable bonds is 10. The maximum absolute atomic E-state index is 5.79. The average molecular weight is 224 g/mol. The summed E-state index contributed by atoms with van der Waals surface area (Å²) in [4.78, 5) is 0. The van der Waals surface area contributed by atoms with Crippen LogP contribution in [0.4, 0.5) is 0 Å². The Balaban J connectivity index is 2.85. The van der Waals surface area contributed by atoms with Crippen molar-refractivity contribution in [1.82, 2.24) is 5.32 Å². The molecule has 1 atom stereocenters. The van der Waals surface area contributed by atoms with Crippen molar-refractivity contribution in [3.05, 3.63) is 0 Å². The molecule has 0 aliphatic carbocycles. The highest BCUT2D eigenvalue weighted by molar-refractivity contribution is 6.20. The molecule has 14 heavy (non-hydrogen) atoms. The van der Waals surface area contributed by atoms with Gasteiger partial charge in [0.05, 0.1) is 6.61 Å². The predicted molar refractivity (Wildman–Crippen MR) is 60.1 cm³/mol. The molecule has 0 aliphatic rings. The molecule has 0 aromatic carbocycles. The van der Waals surface area contributed by atoms with Crippen LogP contribution in [0.25, 0.3) is 0 Å². The van der Waals surface area contributed by atoms with Gasteiger partial charge in [0.2, 0.25) is 0 Å². The van der Waals surface area contributed by atoms with Gasteiger partial charge in [0.1, 0.15) is 0 Å². The molecule has 1 unspecified atom stereocenters. The smallest absolute Gasteiger partial charge is 0.0590 e. The molecule has 4 heteroatoms. The minimum absolute atomic E-state index is 0.255. The highest BCUT2D eigenvalue weighted by atomic mass is 35.5. The van der Waals surface area contributed by atoms with Gasteiger partial charge in [0.15, 0.2) is 0 Å².